The van der Waals surface area contributed by atoms with Crippen molar-refractivity contribution in [3.63, 3.8) is 0 Å². The number of carbonyl (C=O) groups is 3. The van der Waals surface area contributed by atoms with Crippen LogP contribution in [0, 0.1) is 0 Å². The summed E-state index contributed by atoms with van der Waals surface area (Å²) in [6.45, 7) is 0.876. The Morgan fingerprint density at radius 2 is 1.77 bits per heavy atom. The van der Waals surface area contributed by atoms with Crippen molar-refractivity contribution in [2.45, 2.75) is 17.9 Å². The van der Waals surface area contributed by atoms with Gasteiger partial charge in [-0.3, -0.25) is 14.4 Å². The second-order valence-corrected chi connectivity index (χ2v) is 5.94. The fourth-order valence-corrected chi connectivity index (χ4v) is 1.93. The number of nitrogens with one attached hydrogen (secondary N) is 2. The second kappa shape index (κ2) is 7.00. The number of benzene rings is 1. The molecule has 0 aromatic heterocycles. The van der Waals surface area contributed by atoms with Gasteiger partial charge in [-0.1, -0.05) is 0 Å². The number of hydrogen-bond acceptors (Lipinski definition) is 5. The molecule has 22 heavy (non-hydrogen) atoms. The molecule has 0 fully saturated rings. The van der Waals surface area contributed by atoms with Crippen LogP contribution in [0.2, 0.25) is 0 Å². The molecular formula is C12H15N3O6S. The number of sulfonamides is 1. The van der Waals surface area contributed by atoms with Gasteiger partial charge in [-0.15, -0.1) is 0 Å². The van der Waals surface area contributed by atoms with E-state index in [4.69, 9.17) is 10.2 Å². The van der Waals surface area contributed by atoms with E-state index >= 15 is 0 Å². The summed E-state index contributed by atoms with van der Waals surface area (Å²) < 4.78 is 22.1. The highest BCUT2D eigenvalue weighted by Gasteiger charge is 2.15. The smallest absolute Gasteiger partial charge is 0.325 e. The molecule has 0 heterocycles. The molecule has 1 rings (SSSR count). The summed E-state index contributed by atoms with van der Waals surface area (Å²) >= 11 is 0. The standard InChI is InChI=1S/C12H15N3O6S/c1-7(12(18)19)15-10(16)6-14-11(17)8-2-4-9(5-3-8)22(13,20)21/h2-5,7H,6H2,1H3,(H,14,17)(H,15,16)(H,18,19)(H2,13,20,21). The number of carbonyl (C=O) groups excluding carboxylic acids is 2. The van der Waals surface area contributed by atoms with Crippen molar-refractivity contribution < 1.29 is 27.9 Å². The summed E-state index contributed by atoms with van der Waals surface area (Å²) in [6, 6.07) is 3.74. The zero-order chi connectivity index (χ0) is 16.9. The Balaban J connectivity index is 2.59. The molecule has 0 bridgehead atoms. The van der Waals surface area contributed by atoms with E-state index in [2.05, 4.69) is 10.6 Å². The zero-order valence-corrected chi connectivity index (χ0v) is 12.4. The van der Waals surface area contributed by atoms with Crippen LogP contribution in [0.3, 0.4) is 0 Å². The largest absolute Gasteiger partial charge is 0.480 e. The summed E-state index contributed by atoms with van der Waals surface area (Å²) in [5.41, 5.74) is 0.131. The Hall–Kier alpha value is -2.46. The van der Waals surface area contributed by atoms with Gasteiger partial charge in [0.1, 0.15) is 6.04 Å². The van der Waals surface area contributed by atoms with Gasteiger partial charge in [-0.25, -0.2) is 13.6 Å². The van der Waals surface area contributed by atoms with Gasteiger partial charge in [-0.05, 0) is 31.2 Å². The minimum Gasteiger partial charge on any atom is -0.480 e. The third-order valence-electron chi connectivity index (χ3n) is 2.60. The van der Waals surface area contributed by atoms with Crippen LogP contribution in [0.25, 0.3) is 0 Å². The lowest BCUT2D eigenvalue weighted by atomic mass is 10.2. The Labute approximate surface area is 126 Å². The molecule has 120 valence electrons. The van der Waals surface area contributed by atoms with E-state index in [-0.39, 0.29) is 10.5 Å². The van der Waals surface area contributed by atoms with Crippen molar-refractivity contribution in [2.24, 2.45) is 5.14 Å². The first-order valence-electron chi connectivity index (χ1n) is 6.04. The highest BCUT2D eigenvalue weighted by molar-refractivity contribution is 7.89. The normalized spacial score (nSPS) is 12.3. The van der Waals surface area contributed by atoms with Crippen molar-refractivity contribution in [2.75, 3.05) is 6.54 Å². The number of amides is 2. The summed E-state index contributed by atoms with van der Waals surface area (Å²) in [6.07, 6.45) is 0. The van der Waals surface area contributed by atoms with E-state index in [1.807, 2.05) is 0 Å². The van der Waals surface area contributed by atoms with E-state index in [1.165, 1.54) is 19.1 Å². The first-order chi connectivity index (χ1) is 10.1. The molecular weight excluding hydrogens is 314 g/mol. The SMILES string of the molecule is CC(NC(=O)CNC(=O)c1ccc(S(N)(=O)=O)cc1)C(=O)O. The molecule has 5 N–H and O–H groups in total. The molecule has 0 aliphatic heterocycles. The quantitative estimate of drug-likeness (QED) is 0.506. The summed E-state index contributed by atoms with van der Waals surface area (Å²) in [5.74, 6) is -2.47. The minimum atomic E-state index is -3.84. The molecule has 0 radical (unpaired) electrons. The van der Waals surface area contributed by atoms with Crippen LogP contribution in [-0.2, 0) is 19.6 Å². The lowest BCUT2D eigenvalue weighted by Crippen LogP contribution is -2.44. The van der Waals surface area contributed by atoms with Crippen molar-refractivity contribution in [1.82, 2.24) is 10.6 Å². The maximum Gasteiger partial charge on any atom is 0.325 e. The van der Waals surface area contributed by atoms with Crippen molar-refractivity contribution in [3.05, 3.63) is 29.8 Å². The highest BCUT2D eigenvalue weighted by atomic mass is 32.2. The van der Waals surface area contributed by atoms with Gasteiger partial charge < -0.3 is 15.7 Å². The number of rotatable bonds is 6. The van der Waals surface area contributed by atoms with Gasteiger partial charge in [-0.2, -0.15) is 0 Å². The lowest BCUT2D eigenvalue weighted by Gasteiger charge is -2.10. The van der Waals surface area contributed by atoms with Crippen molar-refractivity contribution in [1.29, 1.82) is 0 Å². The molecule has 1 aromatic carbocycles. The number of hydrogen-bond donors (Lipinski definition) is 4. The third kappa shape index (κ3) is 5.14. The fourth-order valence-electron chi connectivity index (χ4n) is 1.41. The van der Waals surface area contributed by atoms with Crippen LogP contribution in [0.15, 0.2) is 29.2 Å². The summed E-state index contributed by atoms with van der Waals surface area (Å²) in [5, 5.41) is 18.0. The van der Waals surface area contributed by atoms with E-state index in [0.29, 0.717) is 0 Å². The Morgan fingerprint density at radius 1 is 1.23 bits per heavy atom. The Kier molecular flexibility index (Phi) is 5.60. The maximum atomic E-state index is 11.7. The summed E-state index contributed by atoms with van der Waals surface area (Å²) in [7, 11) is -3.84. The molecule has 0 saturated heterocycles. The Morgan fingerprint density at radius 3 is 2.23 bits per heavy atom. The van der Waals surface area contributed by atoms with Crippen molar-refractivity contribution >= 4 is 27.8 Å². The number of primary sulfonamides is 1. The van der Waals surface area contributed by atoms with E-state index in [1.54, 1.807) is 0 Å². The molecule has 0 aliphatic rings. The number of carboxylic acids is 1. The lowest BCUT2D eigenvalue weighted by molar-refractivity contribution is -0.141. The van der Waals surface area contributed by atoms with Crippen LogP contribution in [0.5, 0.6) is 0 Å². The second-order valence-electron chi connectivity index (χ2n) is 4.38. The van der Waals surface area contributed by atoms with E-state index in [0.717, 1.165) is 12.1 Å². The third-order valence-corrected chi connectivity index (χ3v) is 3.53. The average Bonchev–Trinajstić information content (AvgIpc) is 2.43. The fraction of sp³-hybridized carbons (Fsp3) is 0.250. The highest BCUT2D eigenvalue weighted by Crippen LogP contribution is 2.08. The molecule has 0 aliphatic carbocycles. The van der Waals surface area contributed by atoms with Crippen molar-refractivity contribution in [3.8, 4) is 0 Å². The maximum absolute atomic E-state index is 11.7. The van der Waals surface area contributed by atoms with Crippen LogP contribution in [0.4, 0.5) is 0 Å². The van der Waals surface area contributed by atoms with Crippen LogP contribution < -0.4 is 15.8 Å². The molecule has 0 saturated carbocycles. The average molecular weight is 329 g/mol. The van der Waals surface area contributed by atoms with Crippen LogP contribution in [0.1, 0.15) is 17.3 Å². The van der Waals surface area contributed by atoms with Gasteiger partial charge in [0.2, 0.25) is 15.9 Å². The molecule has 10 heteroatoms. The predicted octanol–water partition coefficient (Wildman–Crippen LogP) is -1.35. The number of carboxylic acid groups (broad SMARTS) is 1. The van der Waals surface area contributed by atoms with Gasteiger partial charge in [0.05, 0.1) is 11.4 Å². The van der Waals surface area contributed by atoms with Crippen LogP contribution >= 0.6 is 0 Å². The zero-order valence-electron chi connectivity index (χ0n) is 11.6. The molecule has 1 atom stereocenters. The first kappa shape index (κ1) is 17.6. The molecule has 9 nitrogen and oxygen atoms in total. The van der Waals surface area contributed by atoms with Gasteiger partial charge in [0, 0.05) is 5.56 Å². The van der Waals surface area contributed by atoms with E-state index in [9.17, 15) is 22.8 Å². The van der Waals surface area contributed by atoms with Gasteiger partial charge in [0.15, 0.2) is 0 Å². The summed E-state index contributed by atoms with van der Waals surface area (Å²) in [4.78, 5) is 33.5. The monoisotopic (exact) mass is 329 g/mol. The Bertz CT molecular complexity index is 683. The minimum absolute atomic E-state index is 0.131. The number of nitrogens with two attached hydrogens (primary N) is 1. The van der Waals surface area contributed by atoms with Gasteiger partial charge in [0.25, 0.3) is 5.91 Å². The van der Waals surface area contributed by atoms with Crippen LogP contribution in [-0.4, -0.2) is 43.9 Å². The molecule has 1 unspecified atom stereocenters. The molecule has 1 aromatic rings. The van der Waals surface area contributed by atoms with Gasteiger partial charge >= 0.3 is 5.97 Å². The molecule has 2 amide bonds. The predicted molar refractivity (Wildman–Crippen MR) is 75.4 cm³/mol. The number of aliphatic carboxylic acids is 1. The van der Waals surface area contributed by atoms with E-state index < -0.39 is 40.4 Å². The topological polar surface area (TPSA) is 156 Å². The molecule has 0 spiro atoms. The first-order valence-corrected chi connectivity index (χ1v) is 7.59.